The van der Waals surface area contributed by atoms with Crippen LogP contribution >= 0.6 is 0 Å². The molecule has 0 aliphatic carbocycles. The molecular weight excluding hydrogens is 140 g/mol. The van der Waals surface area contributed by atoms with Crippen molar-refractivity contribution in [3.8, 4) is 12.3 Å². The summed E-state index contributed by atoms with van der Waals surface area (Å²) in [6.07, 6.45) is 7.02. The first-order valence-corrected chi connectivity index (χ1v) is 3.76. The summed E-state index contributed by atoms with van der Waals surface area (Å²) in [4.78, 5) is 10.8. The molecule has 0 fully saturated rings. The molecule has 3 nitrogen and oxygen atoms in total. The number of carbonyl (C=O) groups is 1. The predicted molar refractivity (Wildman–Crippen MR) is 45.1 cm³/mol. The molecule has 0 unspecified atom stereocenters. The van der Waals surface area contributed by atoms with Crippen molar-refractivity contribution in [3.05, 3.63) is 0 Å². The van der Waals surface area contributed by atoms with Gasteiger partial charge in [0, 0.05) is 6.54 Å². The minimum atomic E-state index is -0.184. The van der Waals surface area contributed by atoms with Crippen molar-refractivity contribution in [1.82, 2.24) is 10.6 Å². The quantitative estimate of drug-likeness (QED) is 0.454. The van der Waals surface area contributed by atoms with E-state index in [-0.39, 0.29) is 12.6 Å². The Hall–Kier alpha value is -1.17. The number of rotatable bonds is 4. The summed E-state index contributed by atoms with van der Waals surface area (Å²) in [6, 6.07) is -0.184. The zero-order valence-electron chi connectivity index (χ0n) is 6.81. The van der Waals surface area contributed by atoms with Gasteiger partial charge in [-0.25, -0.2) is 4.79 Å². The van der Waals surface area contributed by atoms with Crippen LogP contribution in [0.1, 0.15) is 19.8 Å². The van der Waals surface area contributed by atoms with Crippen molar-refractivity contribution in [2.24, 2.45) is 0 Å². The molecule has 0 saturated heterocycles. The third kappa shape index (κ3) is 6.72. The molecule has 0 aliphatic heterocycles. The number of urea groups is 1. The van der Waals surface area contributed by atoms with Gasteiger partial charge in [-0.05, 0) is 6.42 Å². The maximum Gasteiger partial charge on any atom is 0.315 e. The van der Waals surface area contributed by atoms with Crippen molar-refractivity contribution in [1.29, 1.82) is 0 Å². The number of hydrogen-bond donors (Lipinski definition) is 2. The topological polar surface area (TPSA) is 41.1 Å². The third-order valence-corrected chi connectivity index (χ3v) is 1.17. The van der Waals surface area contributed by atoms with Crippen LogP contribution in [-0.4, -0.2) is 19.1 Å². The van der Waals surface area contributed by atoms with E-state index in [0.717, 1.165) is 12.8 Å². The number of terminal acetylenes is 1. The van der Waals surface area contributed by atoms with Crippen molar-refractivity contribution >= 4 is 6.03 Å². The van der Waals surface area contributed by atoms with E-state index in [1.807, 2.05) is 0 Å². The van der Waals surface area contributed by atoms with Crippen LogP contribution in [0.3, 0.4) is 0 Å². The van der Waals surface area contributed by atoms with E-state index in [1.165, 1.54) is 0 Å². The monoisotopic (exact) mass is 154 g/mol. The summed E-state index contributed by atoms with van der Waals surface area (Å²) < 4.78 is 0. The summed E-state index contributed by atoms with van der Waals surface area (Å²) in [5.74, 6) is 2.32. The molecular formula is C8H14N2O. The predicted octanol–water partition coefficient (Wildman–Crippen LogP) is 0.719. The average Bonchev–Trinajstić information content (AvgIpc) is 2.01. The molecule has 0 radical (unpaired) electrons. The van der Waals surface area contributed by atoms with Gasteiger partial charge >= 0.3 is 6.03 Å². The zero-order valence-corrected chi connectivity index (χ0v) is 6.81. The molecule has 0 bridgehead atoms. The van der Waals surface area contributed by atoms with E-state index in [1.54, 1.807) is 0 Å². The van der Waals surface area contributed by atoms with Gasteiger partial charge in [0.05, 0.1) is 6.54 Å². The number of nitrogens with one attached hydrogen (secondary N) is 2. The molecule has 0 spiro atoms. The van der Waals surface area contributed by atoms with Gasteiger partial charge in [-0.15, -0.1) is 6.42 Å². The molecule has 0 atom stereocenters. The van der Waals surface area contributed by atoms with E-state index in [4.69, 9.17) is 6.42 Å². The van der Waals surface area contributed by atoms with Crippen LogP contribution in [0.4, 0.5) is 4.79 Å². The maximum absolute atomic E-state index is 10.8. The number of amides is 2. The lowest BCUT2D eigenvalue weighted by Gasteiger charge is -2.02. The van der Waals surface area contributed by atoms with Crippen LogP contribution in [0.25, 0.3) is 0 Å². The first-order valence-electron chi connectivity index (χ1n) is 3.76. The number of unbranched alkanes of at least 4 members (excludes halogenated alkanes) is 1. The highest BCUT2D eigenvalue weighted by molar-refractivity contribution is 5.73. The lowest BCUT2D eigenvalue weighted by molar-refractivity contribution is 0.242. The average molecular weight is 154 g/mol. The largest absolute Gasteiger partial charge is 0.338 e. The van der Waals surface area contributed by atoms with E-state index >= 15 is 0 Å². The molecule has 0 heterocycles. The minimum absolute atomic E-state index is 0.184. The first-order chi connectivity index (χ1) is 5.31. The second kappa shape index (κ2) is 6.94. The van der Waals surface area contributed by atoms with Crippen LogP contribution in [-0.2, 0) is 0 Å². The van der Waals surface area contributed by atoms with Crippen molar-refractivity contribution in [2.75, 3.05) is 13.1 Å². The smallest absolute Gasteiger partial charge is 0.315 e. The lowest BCUT2D eigenvalue weighted by Crippen LogP contribution is -2.36. The van der Waals surface area contributed by atoms with Crippen LogP contribution in [0, 0.1) is 12.3 Å². The normalized spacial score (nSPS) is 8.36. The van der Waals surface area contributed by atoms with Crippen LogP contribution in [0.5, 0.6) is 0 Å². The second-order valence-electron chi connectivity index (χ2n) is 2.17. The van der Waals surface area contributed by atoms with Gasteiger partial charge in [0.25, 0.3) is 0 Å². The number of carbonyl (C=O) groups excluding carboxylic acids is 1. The fraction of sp³-hybridized carbons (Fsp3) is 0.625. The fourth-order valence-electron chi connectivity index (χ4n) is 0.573. The van der Waals surface area contributed by atoms with Gasteiger partial charge < -0.3 is 10.6 Å². The van der Waals surface area contributed by atoms with E-state index < -0.39 is 0 Å². The van der Waals surface area contributed by atoms with Crippen LogP contribution in [0.15, 0.2) is 0 Å². The Balaban J connectivity index is 3.17. The third-order valence-electron chi connectivity index (χ3n) is 1.17. The number of hydrogen-bond acceptors (Lipinski definition) is 1. The first kappa shape index (κ1) is 9.83. The zero-order chi connectivity index (χ0) is 8.53. The van der Waals surface area contributed by atoms with E-state index in [9.17, 15) is 4.79 Å². The molecule has 0 aromatic carbocycles. The Kier molecular flexibility index (Phi) is 6.20. The van der Waals surface area contributed by atoms with Crippen molar-refractivity contribution in [3.63, 3.8) is 0 Å². The molecule has 0 saturated carbocycles. The maximum atomic E-state index is 10.8. The molecule has 3 heteroatoms. The Labute approximate surface area is 67.6 Å². The summed E-state index contributed by atoms with van der Waals surface area (Å²) in [7, 11) is 0. The summed E-state index contributed by atoms with van der Waals surface area (Å²) in [5, 5.41) is 5.18. The van der Waals surface area contributed by atoms with Crippen LogP contribution < -0.4 is 10.6 Å². The summed E-state index contributed by atoms with van der Waals surface area (Å²) >= 11 is 0. The van der Waals surface area contributed by atoms with Gasteiger partial charge in [-0.2, -0.15) is 0 Å². The van der Waals surface area contributed by atoms with Gasteiger partial charge in [-0.3, -0.25) is 0 Å². The Bertz CT molecular complexity index is 149. The van der Waals surface area contributed by atoms with Gasteiger partial charge in [0.15, 0.2) is 0 Å². The van der Waals surface area contributed by atoms with Gasteiger partial charge in [0.2, 0.25) is 0 Å². The van der Waals surface area contributed by atoms with Crippen molar-refractivity contribution < 1.29 is 4.79 Å². The molecule has 2 amide bonds. The highest BCUT2D eigenvalue weighted by Crippen LogP contribution is 1.81. The molecule has 0 aromatic heterocycles. The molecule has 0 aliphatic rings. The summed E-state index contributed by atoms with van der Waals surface area (Å²) in [6.45, 7) is 3.08. The molecule has 2 N–H and O–H groups in total. The van der Waals surface area contributed by atoms with E-state index in [2.05, 4.69) is 23.5 Å². The Morgan fingerprint density at radius 1 is 1.55 bits per heavy atom. The Morgan fingerprint density at radius 2 is 2.27 bits per heavy atom. The second-order valence-corrected chi connectivity index (χ2v) is 2.17. The summed E-state index contributed by atoms with van der Waals surface area (Å²) in [5.41, 5.74) is 0. The van der Waals surface area contributed by atoms with Crippen LogP contribution in [0.2, 0.25) is 0 Å². The van der Waals surface area contributed by atoms with Gasteiger partial charge in [0.1, 0.15) is 0 Å². The standard InChI is InChI=1S/C8H14N2O/c1-3-5-7-10-8(11)9-6-4-2/h2H,3,5-7H2,1H3,(H2,9,10,11). The highest BCUT2D eigenvalue weighted by atomic mass is 16.2. The van der Waals surface area contributed by atoms with Gasteiger partial charge in [-0.1, -0.05) is 19.3 Å². The fourth-order valence-corrected chi connectivity index (χ4v) is 0.573. The lowest BCUT2D eigenvalue weighted by atomic mass is 10.3. The molecule has 0 rings (SSSR count). The molecule has 62 valence electrons. The minimum Gasteiger partial charge on any atom is -0.338 e. The molecule has 11 heavy (non-hydrogen) atoms. The SMILES string of the molecule is C#CCNC(=O)NCCCC. The molecule has 0 aromatic rings. The Morgan fingerprint density at radius 3 is 2.82 bits per heavy atom. The van der Waals surface area contributed by atoms with E-state index in [0.29, 0.717) is 6.54 Å². The van der Waals surface area contributed by atoms with Crippen molar-refractivity contribution in [2.45, 2.75) is 19.8 Å². The highest BCUT2D eigenvalue weighted by Gasteiger charge is 1.94.